The van der Waals surface area contributed by atoms with Crippen LogP contribution in [0, 0.1) is 6.92 Å². The van der Waals surface area contributed by atoms with E-state index in [2.05, 4.69) is 0 Å². The average molecular weight is 281 g/mol. The van der Waals surface area contributed by atoms with E-state index >= 15 is 0 Å². The van der Waals surface area contributed by atoms with Gasteiger partial charge >= 0.3 is 0 Å². The molecule has 3 aromatic rings. The molecule has 21 heavy (non-hydrogen) atoms. The van der Waals surface area contributed by atoms with Crippen LogP contribution >= 0.6 is 0 Å². The van der Waals surface area contributed by atoms with Crippen LogP contribution in [-0.2, 0) is 19.9 Å². The zero-order valence-electron chi connectivity index (χ0n) is 16.4. The fourth-order valence-corrected chi connectivity index (χ4v) is 3.12. The maximum Gasteiger partial charge on any atom is 0.289 e. The average Bonchev–Trinajstić information content (AvgIpc) is 2.94. The van der Waals surface area contributed by atoms with Gasteiger partial charge in [-0.2, -0.15) is 0 Å². The molecule has 2 heteroatoms. The molecule has 0 amide bonds. The summed E-state index contributed by atoms with van der Waals surface area (Å²) in [5.74, 6) is 0.813. The second kappa shape index (κ2) is 4.73. The predicted octanol–water partition coefficient (Wildman–Crippen LogP) is 3.78. The first-order valence-corrected chi connectivity index (χ1v) is 7.32. The Morgan fingerprint density at radius 2 is 2.05 bits per heavy atom. The van der Waals surface area contributed by atoms with Crippen LogP contribution in [0.2, 0.25) is 0 Å². The zero-order chi connectivity index (χ0) is 18.0. The first-order chi connectivity index (χ1) is 11.7. The van der Waals surface area contributed by atoms with E-state index in [9.17, 15) is 0 Å². The highest BCUT2D eigenvalue weighted by atomic mass is 15.1. The number of hydrogen-bond acceptors (Lipinski definition) is 0. The maximum atomic E-state index is 8.57. The normalized spacial score (nSPS) is 22.0. The largest absolute Gasteiger partial charge is 0.289 e. The van der Waals surface area contributed by atoms with Crippen molar-refractivity contribution >= 4 is 10.8 Å². The molecule has 0 fully saturated rings. The lowest BCUT2D eigenvalue weighted by Gasteiger charge is -2.13. The molecule has 0 aliphatic carbocycles. The van der Waals surface area contributed by atoms with Gasteiger partial charge in [0.05, 0.1) is 21.8 Å². The molecule has 1 aliphatic heterocycles. The predicted molar refractivity (Wildman–Crippen MR) is 86.2 cm³/mol. The molecule has 0 atom stereocenters. The van der Waals surface area contributed by atoms with Gasteiger partial charge in [-0.05, 0) is 48.0 Å². The van der Waals surface area contributed by atoms with E-state index in [1.54, 1.807) is 10.8 Å². The highest BCUT2D eigenvalue weighted by Gasteiger charge is 2.22. The molecule has 4 rings (SSSR count). The molecule has 2 aromatic carbocycles. The van der Waals surface area contributed by atoms with Crippen LogP contribution in [0.1, 0.15) is 29.5 Å². The second-order valence-corrected chi connectivity index (χ2v) is 5.63. The van der Waals surface area contributed by atoms with E-state index < -0.39 is 12.9 Å². The van der Waals surface area contributed by atoms with E-state index in [1.165, 1.54) is 0 Å². The van der Waals surface area contributed by atoms with E-state index in [0.29, 0.717) is 5.56 Å². The number of rotatable bonds is 0. The topological polar surface area (TPSA) is 8.81 Å². The lowest BCUT2D eigenvalue weighted by atomic mass is 9.95. The summed E-state index contributed by atoms with van der Waals surface area (Å²) in [5, 5.41) is 2.00. The Bertz CT molecular complexity index is 988. The number of aryl methyl sites for hydroxylation is 4. The minimum absolute atomic E-state index is 0.112. The van der Waals surface area contributed by atoms with Crippen molar-refractivity contribution in [3.8, 4) is 11.4 Å². The van der Waals surface area contributed by atoms with Gasteiger partial charge in [-0.1, -0.05) is 30.3 Å². The Morgan fingerprint density at radius 3 is 2.95 bits per heavy atom. The fraction of sp³-hybridized carbons (Fsp3) is 0.316. The minimum Gasteiger partial charge on any atom is -0.233 e. The van der Waals surface area contributed by atoms with Gasteiger partial charge in [-0.15, -0.1) is 0 Å². The molecule has 2 nitrogen and oxygen atoms in total. The van der Waals surface area contributed by atoms with E-state index in [1.807, 2.05) is 55.1 Å². The number of nitrogens with zero attached hydrogens (tertiary/aromatic N) is 2. The molecule has 0 saturated heterocycles. The fourth-order valence-electron chi connectivity index (χ4n) is 3.12. The van der Waals surface area contributed by atoms with Crippen LogP contribution in [0.5, 0.6) is 0 Å². The summed E-state index contributed by atoms with van der Waals surface area (Å²) >= 11 is 0. The summed E-state index contributed by atoms with van der Waals surface area (Å²) in [4.78, 5) is 0. The summed E-state index contributed by atoms with van der Waals surface area (Å²) in [5.41, 5.74) is 2.64. The molecule has 0 saturated carbocycles. The van der Waals surface area contributed by atoms with Crippen LogP contribution in [0.3, 0.4) is 0 Å². The standard InChI is InChI=1S/C19H21N2/c1-14-6-8-16-9-7-15-5-3-4-10-21-12-11-20(2)19(21)18(14)17(16)13-15/h6-9,11-13H,3-5,10H2,1-2H3/q+1/i5D2,10D2. The first kappa shape index (κ1) is 9.04. The van der Waals surface area contributed by atoms with E-state index in [0.717, 1.165) is 27.7 Å². The number of aromatic nitrogens is 2. The second-order valence-electron chi connectivity index (χ2n) is 5.63. The van der Waals surface area contributed by atoms with Crippen molar-refractivity contribution in [1.82, 2.24) is 4.57 Å². The summed E-state index contributed by atoms with van der Waals surface area (Å²) in [6.07, 6.45) is 2.31. The van der Waals surface area contributed by atoms with Gasteiger partial charge in [0.15, 0.2) is 0 Å². The summed E-state index contributed by atoms with van der Waals surface area (Å²) < 4.78 is 37.6. The van der Waals surface area contributed by atoms with Crippen molar-refractivity contribution < 1.29 is 10.1 Å². The van der Waals surface area contributed by atoms with Gasteiger partial charge in [0.1, 0.15) is 12.4 Å². The van der Waals surface area contributed by atoms with E-state index in [4.69, 9.17) is 5.48 Å². The van der Waals surface area contributed by atoms with Gasteiger partial charge in [0, 0.05) is 2.74 Å². The molecule has 0 radical (unpaired) electrons. The van der Waals surface area contributed by atoms with E-state index in [-0.39, 0.29) is 12.8 Å². The highest BCUT2D eigenvalue weighted by molar-refractivity contribution is 5.96. The molecule has 0 spiro atoms. The molecular weight excluding hydrogens is 256 g/mol. The molecule has 0 unspecified atom stereocenters. The quantitative estimate of drug-likeness (QED) is 0.555. The highest BCUT2D eigenvalue weighted by Crippen LogP contribution is 2.31. The van der Waals surface area contributed by atoms with Crippen molar-refractivity contribution in [2.45, 2.75) is 32.6 Å². The Hall–Kier alpha value is -2.09. The van der Waals surface area contributed by atoms with Gasteiger partial charge in [-0.3, -0.25) is 0 Å². The number of hydrogen-bond donors (Lipinski definition) is 0. The number of imidazole rings is 1. The van der Waals surface area contributed by atoms with Crippen molar-refractivity contribution in [2.24, 2.45) is 7.05 Å². The first-order valence-electron chi connectivity index (χ1n) is 9.32. The van der Waals surface area contributed by atoms with Crippen molar-refractivity contribution in [1.29, 1.82) is 0 Å². The van der Waals surface area contributed by atoms with Crippen LogP contribution in [-0.4, -0.2) is 4.57 Å². The Morgan fingerprint density at radius 1 is 1.19 bits per heavy atom. The molecule has 106 valence electrons. The zero-order valence-corrected chi connectivity index (χ0v) is 12.4. The number of benzene rings is 2. The molecular formula is C19H21N2+. The molecule has 2 bridgehead atoms. The van der Waals surface area contributed by atoms with Crippen molar-refractivity contribution in [3.05, 3.63) is 53.9 Å². The van der Waals surface area contributed by atoms with Crippen LogP contribution in [0.15, 0.2) is 42.7 Å². The van der Waals surface area contributed by atoms with Gasteiger partial charge in [0.2, 0.25) is 0 Å². The lowest BCUT2D eigenvalue weighted by Crippen LogP contribution is -2.35. The third-order valence-corrected chi connectivity index (χ3v) is 4.19. The smallest absolute Gasteiger partial charge is 0.233 e. The third-order valence-electron chi connectivity index (χ3n) is 4.19. The van der Waals surface area contributed by atoms with Crippen LogP contribution < -0.4 is 4.57 Å². The molecule has 2 heterocycles. The third kappa shape index (κ3) is 1.98. The lowest BCUT2D eigenvalue weighted by molar-refractivity contribution is -0.685. The molecule has 1 aromatic heterocycles. The maximum absolute atomic E-state index is 8.57. The summed E-state index contributed by atoms with van der Waals surface area (Å²) in [6, 6.07) is 9.83. The Kier molecular flexibility index (Phi) is 2.03. The SMILES string of the molecule is [2H]C1([2H])CCC([2H])([2H])[n+]2ccn(C)c2-c2c(C)ccc3ccc1cc23. The van der Waals surface area contributed by atoms with Gasteiger partial charge in [0.25, 0.3) is 5.82 Å². The minimum atomic E-state index is -1.66. The van der Waals surface area contributed by atoms with Gasteiger partial charge in [-0.25, -0.2) is 9.13 Å². The monoisotopic (exact) mass is 281 g/mol. The van der Waals surface area contributed by atoms with Gasteiger partial charge < -0.3 is 0 Å². The van der Waals surface area contributed by atoms with Crippen LogP contribution in [0.4, 0.5) is 0 Å². The Balaban J connectivity index is 2.19. The summed E-state index contributed by atoms with van der Waals surface area (Å²) in [7, 11) is 1.93. The molecule has 0 N–H and O–H groups in total. The Labute approximate surface area is 131 Å². The number of fused-ring (bicyclic) bond motifs is 3. The van der Waals surface area contributed by atoms with Crippen molar-refractivity contribution in [2.75, 3.05) is 0 Å². The van der Waals surface area contributed by atoms with Crippen LogP contribution in [0.25, 0.3) is 22.2 Å². The summed E-state index contributed by atoms with van der Waals surface area (Å²) in [6.45, 7) is 0.365. The van der Waals surface area contributed by atoms with Crippen molar-refractivity contribution in [3.63, 3.8) is 0 Å². The molecule has 1 aliphatic rings.